The fraction of sp³-hybridized carbons (Fsp3) is 0.118. The summed E-state index contributed by atoms with van der Waals surface area (Å²) in [5.74, 6) is 0.0404. The normalized spacial score (nSPS) is 11.2. The second-order valence-corrected chi connectivity index (χ2v) is 4.82. The van der Waals surface area contributed by atoms with Gasteiger partial charge in [0.1, 0.15) is 0 Å². The van der Waals surface area contributed by atoms with Crippen molar-refractivity contribution >= 4 is 23.0 Å². The number of Topliss-reactive ketones (excluding diaryl/α,β-unsaturated/α-hetero) is 1. The summed E-state index contributed by atoms with van der Waals surface area (Å²) in [7, 11) is 1.77. The third-order valence-corrected chi connectivity index (χ3v) is 3.29. The van der Waals surface area contributed by atoms with E-state index in [9.17, 15) is 4.79 Å². The van der Waals surface area contributed by atoms with Gasteiger partial charge in [-0.2, -0.15) is 0 Å². The van der Waals surface area contributed by atoms with Gasteiger partial charge in [0.15, 0.2) is 5.78 Å². The fourth-order valence-corrected chi connectivity index (χ4v) is 2.25. The maximum Gasteiger partial charge on any atom is 0.169 e. The predicted molar refractivity (Wildman–Crippen MR) is 83.6 cm³/mol. The Kier molecular flexibility index (Phi) is 4.97. The molecule has 0 amide bonds. The van der Waals surface area contributed by atoms with Crippen molar-refractivity contribution in [1.82, 2.24) is 5.32 Å². The van der Waals surface area contributed by atoms with E-state index in [1.807, 2.05) is 48.5 Å². The Morgan fingerprint density at radius 1 is 1.10 bits per heavy atom. The van der Waals surface area contributed by atoms with Crippen LogP contribution in [0.25, 0.3) is 5.57 Å². The molecule has 2 nitrogen and oxygen atoms in total. The number of nitrogens with one attached hydrogen (secondary N) is 1. The van der Waals surface area contributed by atoms with E-state index >= 15 is 0 Å². The van der Waals surface area contributed by atoms with E-state index < -0.39 is 0 Å². The lowest BCUT2D eigenvalue weighted by Gasteiger charge is -2.09. The summed E-state index contributed by atoms with van der Waals surface area (Å²) in [6.45, 7) is 0. The zero-order chi connectivity index (χ0) is 14.4. The van der Waals surface area contributed by atoms with Gasteiger partial charge < -0.3 is 5.32 Å². The third-order valence-electron chi connectivity index (χ3n) is 2.96. The van der Waals surface area contributed by atoms with Crippen LogP contribution < -0.4 is 5.32 Å². The van der Waals surface area contributed by atoms with Crippen molar-refractivity contribution in [2.75, 3.05) is 7.05 Å². The Morgan fingerprint density at radius 3 is 2.40 bits per heavy atom. The first-order valence-electron chi connectivity index (χ1n) is 6.42. The largest absolute Gasteiger partial charge is 0.393 e. The number of allylic oxidation sites excluding steroid dienone is 1. The molecule has 0 saturated carbocycles. The van der Waals surface area contributed by atoms with E-state index in [4.69, 9.17) is 11.6 Å². The number of rotatable bonds is 5. The van der Waals surface area contributed by atoms with Crippen LogP contribution in [0.1, 0.15) is 11.1 Å². The number of benzene rings is 2. The van der Waals surface area contributed by atoms with Crippen molar-refractivity contribution in [2.24, 2.45) is 0 Å². The predicted octanol–water partition coefficient (Wildman–Crippen LogP) is 3.71. The van der Waals surface area contributed by atoms with Crippen LogP contribution in [0.4, 0.5) is 0 Å². The maximum atomic E-state index is 12.5. The van der Waals surface area contributed by atoms with E-state index in [-0.39, 0.29) is 5.78 Å². The van der Waals surface area contributed by atoms with Crippen molar-refractivity contribution < 1.29 is 4.79 Å². The molecule has 0 aromatic heterocycles. The van der Waals surface area contributed by atoms with Gasteiger partial charge in [-0.3, -0.25) is 4.79 Å². The summed E-state index contributed by atoms with van der Waals surface area (Å²) in [6, 6.07) is 17.1. The molecule has 0 spiro atoms. The van der Waals surface area contributed by atoms with Crippen molar-refractivity contribution in [3.05, 3.63) is 76.9 Å². The van der Waals surface area contributed by atoms with Crippen LogP contribution in [0.15, 0.2) is 60.8 Å². The van der Waals surface area contributed by atoms with Gasteiger partial charge in [-0.25, -0.2) is 0 Å². The van der Waals surface area contributed by atoms with Crippen molar-refractivity contribution in [3.8, 4) is 0 Å². The quantitative estimate of drug-likeness (QED) is 0.849. The first kappa shape index (κ1) is 14.4. The van der Waals surface area contributed by atoms with Gasteiger partial charge in [0.25, 0.3) is 0 Å². The molecule has 0 saturated heterocycles. The van der Waals surface area contributed by atoms with Crippen LogP contribution in [0.2, 0.25) is 5.02 Å². The molecule has 2 aromatic rings. The zero-order valence-corrected chi connectivity index (χ0v) is 12.0. The van der Waals surface area contributed by atoms with Crippen molar-refractivity contribution in [2.45, 2.75) is 6.42 Å². The molecule has 20 heavy (non-hydrogen) atoms. The number of halogens is 1. The Bertz CT molecular complexity index is 620. The first-order valence-corrected chi connectivity index (χ1v) is 6.79. The molecule has 0 radical (unpaired) electrons. The van der Waals surface area contributed by atoms with Gasteiger partial charge in [0, 0.05) is 35.8 Å². The highest BCUT2D eigenvalue weighted by molar-refractivity contribution is 6.35. The second-order valence-electron chi connectivity index (χ2n) is 4.41. The van der Waals surface area contributed by atoms with Crippen molar-refractivity contribution in [1.29, 1.82) is 0 Å². The molecular weight excluding hydrogens is 270 g/mol. The molecule has 2 rings (SSSR count). The SMILES string of the molecule is CNC=C(C(=O)Cc1ccccc1)c1ccccc1Cl. The summed E-state index contributed by atoms with van der Waals surface area (Å²) in [5.41, 5.74) is 2.35. The van der Waals surface area contributed by atoms with Crippen LogP contribution in [0, 0.1) is 0 Å². The molecule has 0 heterocycles. The van der Waals surface area contributed by atoms with Crippen LogP contribution in [0.5, 0.6) is 0 Å². The lowest BCUT2D eigenvalue weighted by molar-refractivity contribution is -0.113. The Labute approximate surface area is 124 Å². The monoisotopic (exact) mass is 285 g/mol. The van der Waals surface area contributed by atoms with E-state index in [1.165, 1.54) is 0 Å². The summed E-state index contributed by atoms with van der Waals surface area (Å²) >= 11 is 6.18. The van der Waals surface area contributed by atoms with Gasteiger partial charge >= 0.3 is 0 Å². The molecule has 1 N–H and O–H groups in total. The van der Waals surface area contributed by atoms with Gasteiger partial charge in [0.05, 0.1) is 0 Å². The first-order chi connectivity index (χ1) is 9.72. The van der Waals surface area contributed by atoms with Crippen LogP contribution >= 0.6 is 11.6 Å². The molecule has 0 fully saturated rings. The second kappa shape index (κ2) is 6.92. The van der Waals surface area contributed by atoms with Gasteiger partial charge in [0.2, 0.25) is 0 Å². The summed E-state index contributed by atoms with van der Waals surface area (Å²) in [4.78, 5) is 12.5. The fourth-order valence-electron chi connectivity index (χ4n) is 2.01. The Balaban J connectivity index is 2.28. The lowest BCUT2D eigenvalue weighted by atomic mass is 9.97. The molecule has 0 atom stereocenters. The average Bonchev–Trinajstić information content (AvgIpc) is 2.47. The summed E-state index contributed by atoms with van der Waals surface area (Å²) < 4.78 is 0. The van der Waals surface area contributed by atoms with E-state index in [2.05, 4.69) is 5.32 Å². The molecule has 3 heteroatoms. The molecular formula is C17H16ClNO. The molecule has 0 aliphatic rings. The minimum atomic E-state index is 0.0404. The van der Waals surface area contributed by atoms with Crippen LogP contribution in [-0.2, 0) is 11.2 Å². The Morgan fingerprint density at radius 2 is 1.75 bits per heavy atom. The highest BCUT2D eigenvalue weighted by atomic mass is 35.5. The third kappa shape index (κ3) is 3.49. The topological polar surface area (TPSA) is 29.1 Å². The van der Waals surface area contributed by atoms with Crippen molar-refractivity contribution in [3.63, 3.8) is 0 Å². The molecule has 2 aromatic carbocycles. The smallest absolute Gasteiger partial charge is 0.169 e. The molecule has 0 aliphatic heterocycles. The standard InChI is InChI=1S/C17H16ClNO/c1-19-12-15(14-9-5-6-10-16(14)18)17(20)11-13-7-3-2-4-8-13/h2-10,12,19H,11H2,1H3. The minimum Gasteiger partial charge on any atom is -0.393 e. The van der Waals surface area contributed by atoms with E-state index in [0.29, 0.717) is 17.0 Å². The van der Waals surface area contributed by atoms with Gasteiger partial charge in [-0.1, -0.05) is 60.1 Å². The molecule has 0 unspecified atom stereocenters. The maximum absolute atomic E-state index is 12.5. The number of hydrogen-bond donors (Lipinski definition) is 1. The molecule has 0 aliphatic carbocycles. The molecule has 102 valence electrons. The summed E-state index contributed by atoms with van der Waals surface area (Å²) in [5, 5.41) is 3.50. The number of hydrogen-bond acceptors (Lipinski definition) is 2. The van der Waals surface area contributed by atoms with Crippen LogP contribution in [-0.4, -0.2) is 12.8 Å². The van der Waals surface area contributed by atoms with Gasteiger partial charge in [-0.05, 0) is 11.6 Å². The zero-order valence-electron chi connectivity index (χ0n) is 11.3. The van der Waals surface area contributed by atoms with E-state index in [0.717, 1.165) is 11.1 Å². The average molecular weight is 286 g/mol. The van der Waals surface area contributed by atoms with Crippen LogP contribution in [0.3, 0.4) is 0 Å². The van der Waals surface area contributed by atoms with Gasteiger partial charge in [-0.15, -0.1) is 0 Å². The minimum absolute atomic E-state index is 0.0404. The van der Waals surface area contributed by atoms with E-state index in [1.54, 1.807) is 19.3 Å². The number of ketones is 1. The summed E-state index contributed by atoms with van der Waals surface area (Å²) in [6.07, 6.45) is 2.06. The Hall–Kier alpha value is -2.06. The number of carbonyl (C=O) groups excluding carboxylic acids is 1. The highest BCUT2D eigenvalue weighted by Gasteiger charge is 2.14. The number of carbonyl (C=O) groups is 1. The lowest BCUT2D eigenvalue weighted by Crippen LogP contribution is -2.09. The highest BCUT2D eigenvalue weighted by Crippen LogP contribution is 2.25. The molecule has 0 bridgehead atoms.